The number of para-hydroxylation sites is 1. The van der Waals surface area contributed by atoms with Gasteiger partial charge in [-0.25, -0.2) is 4.79 Å². The molecule has 28 heavy (non-hydrogen) atoms. The van der Waals surface area contributed by atoms with E-state index < -0.39 is 0 Å². The number of anilines is 2. The van der Waals surface area contributed by atoms with Gasteiger partial charge in [-0.15, -0.1) is 0 Å². The number of methoxy groups -OCH3 is 1. The Morgan fingerprint density at radius 2 is 1.82 bits per heavy atom. The maximum absolute atomic E-state index is 12.6. The Hall–Kier alpha value is -3.48. The lowest BCUT2D eigenvalue weighted by atomic mass is 10.1. The summed E-state index contributed by atoms with van der Waals surface area (Å²) in [5.41, 5.74) is 2.96. The molecule has 2 heterocycles. The number of ether oxygens (including phenoxy) is 1. The van der Waals surface area contributed by atoms with Crippen molar-refractivity contribution in [3.8, 4) is 17.0 Å². The lowest BCUT2D eigenvalue weighted by molar-refractivity contribution is 0.208. The SMILES string of the molecule is COc1cccc(-c2cc(NC(=O)N3CCN(c4ccccc4)CC3)n[nH]2)c1. The minimum atomic E-state index is -0.128. The second-order valence-corrected chi connectivity index (χ2v) is 6.64. The molecule has 1 saturated heterocycles. The number of benzene rings is 2. The molecular formula is C21H23N5O2. The Bertz CT molecular complexity index is 933. The first kappa shape index (κ1) is 17.9. The van der Waals surface area contributed by atoms with Crippen molar-refractivity contribution < 1.29 is 9.53 Å². The summed E-state index contributed by atoms with van der Waals surface area (Å²) in [6.45, 7) is 2.97. The van der Waals surface area contributed by atoms with Crippen molar-refractivity contribution >= 4 is 17.5 Å². The average molecular weight is 377 g/mol. The van der Waals surface area contributed by atoms with E-state index in [1.54, 1.807) is 7.11 Å². The van der Waals surface area contributed by atoms with Crippen molar-refractivity contribution in [3.63, 3.8) is 0 Å². The van der Waals surface area contributed by atoms with Crippen LogP contribution in [-0.2, 0) is 0 Å². The highest BCUT2D eigenvalue weighted by atomic mass is 16.5. The Kier molecular flexibility index (Phi) is 5.14. The molecule has 0 radical (unpaired) electrons. The summed E-state index contributed by atoms with van der Waals surface area (Å²) < 4.78 is 5.25. The fraction of sp³-hybridized carbons (Fsp3) is 0.238. The number of urea groups is 1. The zero-order valence-electron chi connectivity index (χ0n) is 15.8. The largest absolute Gasteiger partial charge is 0.497 e. The second kappa shape index (κ2) is 8.04. The monoisotopic (exact) mass is 377 g/mol. The zero-order chi connectivity index (χ0) is 19.3. The molecule has 144 valence electrons. The normalized spacial score (nSPS) is 14.0. The minimum Gasteiger partial charge on any atom is -0.497 e. The number of nitrogens with zero attached hydrogens (tertiary/aromatic N) is 3. The van der Waals surface area contributed by atoms with Gasteiger partial charge in [0.1, 0.15) is 5.75 Å². The lowest BCUT2D eigenvalue weighted by Gasteiger charge is -2.35. The highest BCUT2D eigenvalue weighted by molar-refractivity contribution is 5.89. The van der Waals surface area contributed by atoms with Crippen LogP contribution in [0.1, 0.15) is 0 Å². The molecule has 0 saturated carbocycles. The maximum atomic E-state index is 12.6. The van der Waals surface area contributed by atoms with E-state index in [2.05, 4.69) is 32.5 Å². The molecule has 0 spiro atoms. The Morgan fingerprint density at radius 1 is 1.04 bits per heavy atom. The maximum Gasteiger partial charge on any atom is 0.323 e. The van der Waals surface area contributed by atoms with Gasteiger partial charge in [-0.3, -0.25) is 10.4 Å². The molecule has 3 aromatic rings. The number of rotatable bonds is 4. The summed E-state index contributed by atoms with van der Waals surface area (Å²) >= 11 is 0. The third-order valence-electron chi connectivity index (χ3n) is 4.88. The smallest absolute Gasteiger partial charge is 0.323 e. The molecule has 0 aliphatic carbocycles. The van der Waals surface area contributed by atoms with Gasteiger partial charge in [-0.2, -0.15) is 5.10 Å². The molecule has 2 N–H and O–H groups in total. The predicted molar refractivity (Wildman–Crippen MR) is 110 cm³/mol. The number of amides is 2. The van der Waals surface area contributed by atoms with E-state index in [0.717, 1.165) is 30.1 Å². The van der Waals surface area contributed by atoms with Gasteiger partial charge in [0.05, 0.1) is 12.8 Å². The molecule has 4 rings (SSSR count). The first-order valence-corrected chi connectivity index (χ1v) is 9.29. The van der Waals surface area contributed by atoms with Crippen LogP contribution in [0, 0.1) is 0 Å². The lowest BCUT2D eigenvalue weighted by Crippen LogP contribution is -2.50. The number of hydrogen-bond acceptors (Lipinski definition) is 4. The summed E-state index contributed by atoms with van der Waals surface area (Å²) in [7, 11) is 1.63. The van der Waals surface area contributed by atoms with Crippen molar-refractivity contribution in [1.29, 1.82) is 0 Å². The Labute approximate surface area is 163 Å². The van der Waals surface area contributed by atoms with Crippen LogP contribution in [0.3, 0.4) is 0 Å². The van der Waals surface area contributed by atoms with Gasteiger partial charge in [0.2, 0.25) is 0 Å². The van der Waals surface area contributed by atoms with Gasteiger partial charge in [0.25, 0.3) is 0 Å². The van der Waals surface area contributed by atoms with E-state index in [1.807, 2.05) is 53.4 Å². The van der Waals surface area contributed by atoms with Gasteiger partial charge in [0, 0.05) is 43.5 Å². The van der Waals surface area contributed by atoms with E-state index in [1.165, 1.54) is 5.69 Å². The third-order valence-corrected chi connectivity index (χ3v) is 4.88. The Morgan fingerprint density at radius 3 is 2.57 bits per heavy atom. The van der Waals surface area contributed by atoms with E-state index in [0.29, 0.717) is 18.9 Å². The topological polar surface area (TPSA) is 73.5 Å². The summed E-state index contributed by atoms with van der Waals surface area (Å²) in [6.07, 6.45) is 0. The molecule has 1 fully saturated rings. The minimum absolute atomic E-state index is 0.128. The number of hydrogen-bond donors (Lipinski definition) is 2. The fourth-order valence-corrected chi connectivity index (χ4v) is 3.32. The van der Waals surface area contributed by atoms with Gasteiger partial charge in [-0.05, 0) is 24.3 Å². The van der Waals surface area contributed by atoms with Crippen LogP contribution in [0.2, 0.25) is 0 Å². The van der Waals surface area contributed by atoms with Crippen molar-refractivity contribution in [1.82, 2.24) is 15.1 Å². The quantitative estimate of drug-likeness (QED) is 0.730. The summed E-state index contributed by atoms with van der Waals surface area (Å²) in [5, 5.41) is 10.1. The summed E-state index contributed by atoms with van der Waals surface area (Å²) in [4.78, 5) is 16.7. The van der Waals surface area contributed by atoms with E-state index in [-0.39, 0.29) is 6.03 Å². The van der Waals surface area contributed by atoms with E-state index >= 15 is 0 Å². The van der Waals surface area contributed by atoms with Crippen molar-refractivity contribution in [2.75, 3.05) is 43.5 Å². The van der Waals surface area contributed by atoms with E-state index in [9.17, 15) is 4.79 Å². The van der Waals surface area contributed by atoms with Crippen LogP contribution >= 0.6 is 0 Å². The average Bonchev–Trinajstić information content (AvgIpc) is 3.23. The molecular weight excluding hydrogens is 354 g/mol. The Balaban J connectivity index is 1.35. The van der Waals surface area contributed by atoms with Crippen molar-refractivity contribution in [2.24, 2.45) is 0 Å². The summed E-state index contributed by atoms with van der Waals surface area (Å²) in [6, 6.07) is 19.7. The van der Waals surface area contributed by atoms with Crippen molar-refractivity contribution in [3.05, 3.63) is 60.7 Å². The first-order chi connectivity index (χ1) is 13.7. The second-order valence-electron chi connectivity index (χ2n) is 6.64. The third kappa shape index (κ3) is 3.93. The predicted octanol–water partition coefficient (Wildman–Crippen LogP) is 3.44. The number of nitrogens with one attached hydrogen (secondary N) is 2. The number of aromatic amines is 1. The van der Waals surface area contributed by atoms with Crippen LogP contribution in [0.15, 0.2) is 60.7 Å². The highest BCUT2D eigenvalue weighted by Gasteiger charge is 2.21. The molecule has 2 amide bonds. The molecule has 7 nitrogen and oxygen atoms in total. The van der Waals surface area contributed by atoms with Gasteiger partial charge in [0.15, 0.2) is 5.82 Å². The molecule has 7 heteroatoms. The number of H-pyrrole nitrogens is 1. The van der Waals surface area contributed by atoms with Crippen LogP contribution in [0.5, 0.6) is 5.75 Å². The van der Waals surface area contributed by atoms with Crippen LogP contribution in [0.25, 0.3) is 11.3 Å². The summed E-state index contributed by atoms with van der Waals surface area (Å²) in [5.74, 6) is 1.28. The number of carbonyl (C=O) groups is 1. The number of piperazine rings is 1. The molecule has 0 unspecified atom stereocenters. The molecule has 0 atom stereocenters. The standard InChI is InChI=1S/C21H23N5O2/c1-28-18-9-5-6-16(14-18)19-15-20(24-23-19)22-21(27)26-12-10-25(11-13-26)17-7-3-2-4-8-17/h2-9,14-15H,10-13H2,1H3,(H2,22,23,24,27). The molecule has 0 bridgehead atoms. The first-order valence-electron chi connectivity index (χ1n) is 9.29. The van der Waals surface area contributed by atoms with Crippen molar-refractivity contribution in [2.45, 2.75) is 0 Å². The van der Waals surface area contributed by atoms with Crippen LogP contribution < -0.4 is 15.0 Å². The molecule has 1 aliphatic heterocycles. The number of carbonyl (C=O) groups excluding carboxylic acids is 1. The van der Waals surface area contributed by atoms with Crippen LogP contribution in [0.4, 0.5) is 16.3 Å². The molecule has 1 aliphatic rings. The molecule has 1 aromatic heterocycles. The number of aromatic nitrogens is 2. The van der Waals surface area contributed by atoms with Gasteiger partial charge >= 0.3 is 6.03 Å². The van der Waals surface area contributed by atoms with Crippen LogP contribution in [-0.4, -0.2) is 54.4 Å². The zero-order valence-corrected chi connectivity index (χ0v) is 15.8. The highest BCUT2D eigenvalue weighted by Crippen LogP contribution is 2.24. The van der Waals surface area contributed by atoms with Gasteiger partial charge in [-0.1, -0.05) is 30.3 Å². The molecule has 2 aromatic carbocycles. The fourth-order valence-electron chi connectivity index (χ4n) is 3.32. The van der Waals surface area contributed by atoms with E-state index in [4.69, 9.17) is 4.74 Å². The van der Waals surface area contributed by atoms with Gasteiger partial charge < -0.3 is 14.5 Å².